The van der Waals surface area contributed by atoms with Crippen molar-refractivity contribution in [1.82, 2.24) is 0 Å². The Hall–Kier alpha value is -3.44. The number of anilines is 2. The summed E-state index contributed by atoms with van der Waals surface area (Å²) in [6, 6.07) is 11.1. The third-order valence-electron chi connectivity index (χ3n) is 3.18. The van der Waals surface area contributed by atoms with Gasteiger partial charge in [0.2, 0.25) is 5.91 Å². The molecule has 2 N–H and O–H groups in total. The van der Waals surface area contributed by atoms with Gasteiger partial charge in [0.1, 0.15) is 12.2 Å². The molecule has 0 spiro atoms. The average Bonchev–Trinajstić information content (AvgIpc) is 2.63. The van der Waals surface area contributed by atoms with Crippen molar-refractivity contribution in [2.24, 2.45) is 0 Å². The second-order valence-corrected chi connectivity index (χ2v) is 5.65. The van der Waals surface area contributed by atoms with Crippen LogP contribution < -0.4 is 10.6 Å². The number of rotatable bonds is 6. The molecule has 0 saturated heterocycles. The first-order valence-electron chi connectivity index (χ1n) is 7.58. The summed E-state index contributed by atoms with van der Waals surface area (Å²) in [4.78, 5) is 35.0. The van der Waals surface area contributed by atoms with Crippen LogP contribution in [0, 0.1) is 17.1 Å². The zero-order valence-electron chi connectivity index (χ0n) is 13.8. The Kier molecular flexibility index (Phi) is 6.86. The Morgan fingerprint density at radius 3 is 2.44 bits per heavy atom. The standard InChI is InChI=1S/C18H13ClFN3O4/c19-12-3-6-14(20)15(9-12)23-17(25)10-27-18(26)11-1-4-13(5-2-11)22-16(24)7-8-21/h1-6,9H,7,10H2,(H,22,24)(H,23,25). The van der Waals surface area contributed by atoms with E-state index in [0.29, 0.717) is 5.69 Å². The van der Waals surface area contributed by atoms with Crippen molar-refractivity contribution in [1.29, 1.82) is 5.26 Å². The molecular weight excluding hydrogens is 377 g/mol. The molecule has 0 aliphatic carbocycles. The van der Waals surface area contributed by atoms with Gasteiger partial charge in [0, 0.05) is 10.7 Å². The number of ether oxygens (including phenoxy) is 1. The lowest BCUT2D eigenvalue weighted by Crippen LogP contribution is -2.21. The zero-order chi connectivity index (χ0) is 19.8. The van der Waals surface area contributed by atoms with E-state index in [4.69, 9.17) is 21.6 Å². The summed E-state index contributed by atoms with van der Waals surface area (Å²) in [5.74, 6) is -2.65. The SMILES string of the molecule is N#CCC(=O)Nc1ccc(C(=O)OCC(=O)Nc2cc(Cl)ccc2F)cc1. The van der Waals surface area contributed by atoms with Crippen LogP contribution in [0.3, 0.4) is 0 Å². The molecule has 2 aromatic rings. The molecule has 0 heterocycles. The first kappa shape index (κ1) is 19.9. The van der Waals surface area contributed by atoms with E-state index in [1.54, 1.807) is 6.07 Å². The number of nitriles is 1. The number of nitrogens with zero attached hydrogens (tertiary/aromatic N) is 1. The molecule has 138 valence electrons. The molecule has 0 aromatic heterocycles. The van der Waals surface area contributed by atoms with E-state index in [1.807, 2.05) is 0 Å². The highest BCUT2D eigenvalue weighted by Gasteiger charge is 2.12. The molecule has 9 heteroatoms. The fourth-order valence-electron chi connectivity index (χ4n) is 1.96. The predicted octanol–water partition coefficient (Wildman–Crippen LogP) is 3.13. The lowest BCUT2D eigenvalue weighted by atomic mass is 10.2. The van der Waals surface area contributed by atoms with E-state index in [0.717, 1.165) is 6.07 Å². The Morgan fingerprint density at radius 2 is 1.78 bits per heavy atom. The van der Waals surface area contributed by atoms with E-state index in [-0.39, 0.29) is 22.7 Å². The summed E-state index contributed by atoms with van der Waals surface area (Å²) in [7, 11) is 0. The number of benzene rings is 2. The Bertz CT molecular complexity index is 910. The second-order valence-electron chi connectivity index (χ2n) is 5.21. The van der Waals surface area contributed by atoms with Crippen molar-refractivity contribution < 1.29 is 23.5 Å². The van der Waals surface area contributed by atoms with Crippen molar-refractivity contribution in [3.63, 3.8) is 0 Å². The first-order valence-corrected chi connectivity index (χ1v) is 7.95. The van der Waals surface area contributed by atoms with Crippen molar-refractivity contribution >= 4 is 40.8 Å². The van der Waals surface area contributed by atoms with Gasteiger partial charge in [-0.1, -0.05) is 11.6 Å². The summed E-state index contributed by atoms with van der Waals surface area (Å²) in [5.41, 5.74) is 0.428. The molecule has 0 fully saturated rings. The van der Waals surface area contributed by atoms with E-state index in [9.17, 15) is 18.8 Å². The highest BCUT2D eigenvalue weighted by atomic mass is 35.5. The van der Waals surface area contributed by atoms with Crippen LogP contribution in [0.1, 0.15) is 16.8 Å². The van der Waals surface area contributed by atoms with E-state index < -0.39 is 30.2 Å². The third-order valence-corrected chi connectivity index (χ3v) is 3.42. The normalized spacial score (nSPS) is 9.81. The van der Waals surface area contributed by atoms with Gasteiger partial charge in [-0.3, -0.25) is 9.59 Å². The number of hydrogen-bond acceptors (Lipinski definition) is 5. The smallest absolute Gasteiger partial charge is 0.338 e. The topological polar surface area (TPSA) is 108 Å². The summed E-state index contributed by atoms with van der Waals surface area (Å²) in [6.45, 7) is -0.620. The van der Waals surface area contributed by atoms with E-state index >= 15 is 0 Å². The van der Waals surface area contributed by atoms with Gasteiger partial charge in [-0.05, 0) is 42.5 Å². The van der Waals surface area contributed by atoms with Crippen LogP contribution in [0.25, 0.3) is 0 Å². The molecule has 0 atom stereocenters. The summed E-state index contributed by atoms with van der Waals surface area (Å²) < 4.78 is 18.4. The lowest BCUT2D eigenvalue weighted by molar-refractivity contribution is -0.119. The fraction of sp³-hybridized carbons (Fsp3) is 0.111. The van der Waals surface area contributed by atoms with Crippen molar-refractivity contribution in [3.05, 3.63) is 58.9 Å². The molecule has 2 amide bonds. The number of esters is 1. The van der Waals surface area contributed by atoms with Gasteiger partial charge in [0.25, 0.3) is 5.91 Å². The van der Waals surface area contributed by atoms with Gasteiger partial charge < -0.3 is 15.4 Å². The van der Waals surface area contributed by atoms with Gasteiger partial charge in [-0.15, -0.1) is 0 Å². The van der Waals surface area contributed by atoms with Crippen LogP contribution in [0.15, 0.2) is 42.5 Å². The summed E-state index contributed by atoms with van der Waals surface area (Å²) in [6.07, 6.45) is -0.286. The number of nitrogens with one attached hydrogen (secondary N) is 2. The maximum atomic E-state index is 13.5. The predicted molar refractivity (Wildman–Crippen MR) is 95.6 cm³/mol. The maximum Gasteiger partial charge on any atom is 0.338 e. The van der Waals surface area contributed by atoms with Crippen molar-refractivity contribution in [2.45, 2.75) is 6.42 Å². The van der Waals surface area contributed by atoms with Crippen LogP contribution in [0.5, 0.6) is 0 Å². The van der Waals surface area contributed by atoms with Crippen molar-refractivity contribution in [3.8, 4) is 6.07 Å². The van der Waals surface area contributed by atoms with Crippen LogP contribution in [-0.4, -0.2) is 24.4 Å². The minimum absolute atomic E-state index is 0.124. The van der Waals surface area contributed by atoms with Gasteiger partial charge in [-0.2, -0.15) is 5.26 Å². The second kappa shape index (κ2) is 9.31. The first-order chi connectivity index (χ1) is 12.9. The number of carbonyl (C=O) groups is 3. The largest absolute Gasteiger partial charge is 0.452 e. The van der Waals surface area contributed by atoms with E-state index in [1.165, 1.54) is 36.4 Å². The quantitative estimate of drug-likeness (QED) is 0.738. The minimum Gasteiger partial charge on any atom is -0.452 e. The monoisotopic (exact) mass is 389 g/mol. The van der Waals surface area contributed by atoms with Crippen LogP contribution in [0.2, 0.25) is 5.02 Å². The molecule has 0 aliphatic heterocycles. The highest BCUT2D eigenvalue weighted by Crippen LogP contribution is 2.19. The molecule has 7 nitrogen and oxygen atoms in total. The number of hydrogen-bond donors (Lipinski definition) is 2. The zero-order valence-corrected chi connectivity index (χ0v) is 14.5. The molecule has 0 unspecified atom stereocenters. The number of carbonyl (C=O) groups excluding carboxylic acids is 3. The van der Waals surface area contributed by atoms with Gasteiger partial charge in [-0.25, -0.2) is 9.18 Å². The molecule has 27 heavy (non-hydrogen) atoms. The lowest BCUT2D eigenvalue weighted by Gasteiger charge is -2.08. The Morgan fingerprint density at radius 1 is 1.07 bits per heavy atom. The highest BCUT2D eigenvalue weighted by molar-refractivity contribution is 6.30. The maximum absolute atomic E-state index is 13.5. The number of amides is 2. The fourth-order valence-corrected chi connectivity index (χ4v) is 2.13. The molecular formula is C18H13ClFN3O4. The summed E-state index contributed by atoms with van der Waals surface area (Å²) >= 11 is 5.72. The van der Waals surface area contributed by atoms with Crippen LogP contribution in [0.4, 0.5) is 15.8 Å². The van der Waals surface area contributed by atoms with E-state index in [2.05, 4.69) is 10.6 Å². The molecule has 2 rings (SSSR count). The number of halogens is 2. The Balaban J connectivity index is 1.88. The molecule has 2 aromatic carbocycles. The molecule has 0 aliphatic rings. The molecule has 0 radical (unpaired) electrons. The minimum atomic E-state index is -0.772. The molecule has 0 saturated carbocycles. The van der Waals surface area contributed by atoms with Gasteiger partial charge >= 0.3 is 5.97 Å². The van der Waals surface area contributed by atoms with Crippen molar-refractivity contribution in [2.75, 3.05) is 17.2 Å². The third kappa shape index (κ3) is 6.09. The van der Waals surface area contributed by atoms with Gasteiger partial charge in [0.05, 0.1) is 17.3 Å². The summed E-state index contributed by atoms with van der Waals surface area (Å²) in [5, 5.41) is 13.4. The average molecular weight is 390 g/mol. The molecule has 0 bridgehead atoms. The Labute approximate surface area is 158 Å². The van der Waals surface area contributed by atoms with Gasteiger partial charge in [0.15, 0.2) is 6.61 Å². The van der Waals surface area contributed by atoms with Crippen LogP contribution in [-0.2, 0) is 14.3 Å². The van der Waals surface area contributed by atoms with Crippen LogP contribution >= 0.6 is 11.6 Å².